The van der Waals surface area contributed by atoms with Gasteiger partial charge in [-0.1, -0.05) is 18.2 Å². The largest absolute Gasteiger partial charge is 0.462 e. The first-order chi connectivity index (χ1) is 20.0. The first-order valence-electron chi connectivity index (χ1n) is 13.8. The summed E-state index contributed by atoms with van der Waals surface area (Å²) in [5.41, 5.74) is 0.857. The quantitative estimate of drug-likeness (QED) is 0.230. The predicted octanol–water partition coefficient (Wildman–Crippen LogP) is 3.46. The highest BCUT2D eigenvalue weighted by Crippen LogP contribution is 2.46. The summed E-state index contributed by atoms with van der Waals surface area (Å²) in [6.07, 6.45) is -2.90. The van der Waals surface area contributed by atoms with Crippen molar-refractivity contribution in [3.8, 4) is 5.75 Å². The highest BCUT2D eigenvalue weighted by Gasteiger charge is 2.47. The van der Waals surface area contributed by atoms with Crippen LogP contribution in [0.5, 0.6) is 5.75 Å². The molecule has 3 heterocycles. The summed E-state index contributed by atoms with van der Waals surface area (Å²) in [4.78, 5) is 27.9. The van der Waals surface area contributed by atoms with Gasteiger partial charge in [0.15, 0.2) is 29.4 Å². The van der Waals surface area contributed by atoms with Crippen molar-refractivity contribution in [3.05, 3.63) is 42.5 Å². The number of rotatable bonds is 12. The number of carbonyl (C=O) groups excluding carboxylic acids is 1. The molecule has 3 aromatic rings. The van der Waals surface area contributed by atoms with Gasteiger partial charge in [0.25, 0.3) is 0 Å². The third kappa shape index (κ3) is 6.57. The molecule has 1 aliphatic carbocycles. The van der Waals surface area contributed by atoms with Crippen molar-refractivity contribution >= 4 is 30.7 Å². The summed E-state index contributed by atoms with van der Waals surface area (Å²) in [6, 6.07) is 7.52. The number of nitrogens with one attached hydrogen (secondary N) is 1. The highest BCUT2D eigenvalue weighted by molar-refractivity contribution is 7.52. The normalized spacial score (nSPS) is 24.5. The summed E-state index contributed by atoms with van der Waals surface area (Å²) in [5, 5.41) is 13.3. The zero-order valence-corrected chi connectivity index (χ0v) is 25.0. The number of hydrogen-bond donors (Lipinski definition) is 2. The predicted molar refractivity (Wildman–Crippen MR) is 151 cm³/mol. The first-order valence-corrected chi connectivity index (χ1v) is 15.4. The van der Waals surface area contributed by atoms with E-state index >= 15 is 4.39 Å². The number of alkyl halides is 1. The molecule has 6 atom stereocenters. The Kier molecular flexibility index (Phi) is 8.81. The van der Waals surface area contributed by atoms with Crippen LogP contribution in [0.25, 0.3) is 11.2 Å². The zero-order chi connectivity index (χ0) is 30.2. The SMILES string of the molecule is Cc1nc(N(C)C2CC2)c2ncn([C@@H]3O[C@H](COP(=O)(N[C@@H](C)C(=O)OC(C)C)Oc4ccccc4)[C@@H](O)[C@H]3F)c2n1. The molecule has 2 aliphatic rings. The number of anilines is 1. The number of imidazole rings is 1. The summed E-state index contributed by atoms with van der Waals surface area (Å²) >= 11 is 0. The molecule has 0 radical (unpaired) electrons. The molecule has 1 saturated heterocycles. The molecule has 1 saturated carbocycles. The minimum Gasteiger partial charge on any atom is -0.462 e. The molecule has 2 aromatic heterocycles. The standard InChI is InChI=1S/C27H36FN6O7P/c1-15(2)39-27(36)16(3)32-42(37,41-19-9-7-6-8-10-19)38-13-20-23(35)21(28)26(40-20)34-14-29-22-24(33(5)18-11-12-18)30-17(4)31-25(22)34/h6-10,14-16,18,20-21,23,26,35H,11-13H2,1-5H3,(H,32,37)/t16-,20+,21+,23+,26+,42?/m0/s1. The van der Waals surface area contributed by atoms with Gasteiger partial charge in [-0.2, -0.15) is 5.09 Å². The van der Waals surface area contributed by atoms with Gasteiger partial charge >= 0.3 is 13.7 Å². The molecule has 1 unspecified atom stereocenters. The van der Waals surface area contributed by atoms with Gasteiger partial charge in [0, 0.05) is 13.1 Å². The van der Waals surface area contributed by atoms with E-state index in [0.29, 0.717) is 28.8 Å². The number of para-hydroxylation sites is 1. The number of benzene rings is 1. The second-order valence-electron chi connectivity index (χ2n) is 10.8. The topological polar surface area (TPSA) is 150 Å². The van der Waals surface area contributed by atoms with Gasteiger partial charge in [0.05, 0.1) is 19.0 Å². The van der Waals surface area contributed by atoms with E-state index in [4.69, 9.17) is 18.5 Å². The lowest BCUT2D eigenvalue weighted by Gasteiger charge is -2.25. The Morgan fingerprint density at radius 1 is 1.26 bits per heavy atom. The lowest BCUT2D eigenvalue weighted by Crippen LogP contribution is -2.37. The van der Waals surface area contributed by atoms with E-state index in [1.165, 1.54) is 17.8 Å². The molecule has 0 bridgehead atoms. The number of aryl methyl sites for hydroxylation is 1. The maximum Gasteiger partial charge on any atom is 0.459 e. The van der Waals surface area contributed by atoms with Gasteiger partial charge in [-0.05, 0) is 52.7 Å². The average molecular weight is 607 g/mol. The Labute approximate surface area is 242 Å². The van der Waals surface area contributed by atoms with Crippen LogP contribution >= 0.6 is 7.75 Å². The molecule has 1 aliphatic heterocycles. The van der Waals surface area contributed by atoms with Crippen molar-refractivity contribution in [1.29, 1.82) is 0 Å². The van der Waals surface area contributed by atoms with Crippen LogP contribution in [0.4, 0.5) is 10.2 Å². The molecule has 2 N–H and O–H groups in total. The van der Waals surface area contributed by atoms with Crippen molar-refractivity contribution in [1.82, 2.24) is 24.6 Å². The number of nitrogens with zero attached hydrogens (tertiary/aromatic N) is 5. The molecule has 2 fully saturated rings. The average Bonchev–Trinajstić information content (AvgIpc) is 3.65. The number of aliphatic hydroxyl groups is 1. The molecule has 0 amide bonds. The Hall–Kier alpha value is -3.16. The monoisotopic (exact) mass is 606 g/mol. The van der Waals surface area contributed by atoms with Gasteiger partial charge in [0.2, 0.25) is 0 Å². The summed E-state index contributed by atoms with van der Waals surface area (Å²) in [7, 11) is -2.31. The summed E-state index contributed by atoms with van der Waals surface area (Å²) in [6.45, 7) is 6.05. The number of halogens is 1. The zero-order valence-electron chi connectivity index (χ0n) is 24.1. The minimum atomic E-state index is -4.25. The fourth-order valence-corrected chi connectivity index (χ4v) is 6.15. The maximum atomic E-state index is 15.5. The van der Waals surface area contributed by atoms with Gasteiger partial charge in [-0.15, -0.1) is 0 Å². The molecular formula is C27H36FN6O7P. The molecule has 0 spiro atoms. The fourth-order valence-electron chi connectivity index (χ4n) is 4.65. The van der Waals surface area contributed by atoms with Gasteiger partial charge in [0.1, 0.15) is 29.8 Å². The van der Waals surface area contributed by atoms with Crippen LogP contribution < -0.4 is 14.5 Å². The van der Waals surface area contributed by atoms with E-state index in [1.54, 1.807) is 51.1 Å². The van der Waals surface area contributed by atoms with Gasteiger partial charge in [-0.25, -0.2) is 23.9 Å². The van der Waals surface area contributed by atoms with E-state index in [2.05, 4.69) is 20.0 Å². The van der Waals surface area contributed by atoms with Gasteiger partial charge in [-0.3, -0.25) is 13.9 Å². The number of hydrogen-bond acceptors (Lipinski definition) is 11. The minimum absolute atomic E-state index is 0.207. The fraction of sp³-hybridized carbons (Fsp3) is 0.556. The Morgan fingerprint density at radius 2 is 1.98 bits per heavy atom. The van der Waals surface area contributed by atoms with Crippen molar-refractivity contribution in [2.75, 3.05) is 18.6 Å². The van der Waals surface area contributed by atoms with Crippen LogP contribution in [0.1, 0.15) is 45.7 Å². The van der Waals surface area contributed by atoms with Crippen LogP contribution in [-0.2, 0) is 23.4 Å². The van der Waals surface area contributed by atoms with Crippen molar-refractivity contribution in [2.24, 2.45) is 0 Å². The molecule has 5 rings (SSSR count). The number of fused-ring (bicyclic) bond motifs is 1. The molecule has 42 heavy (non-hydrogen) atoms. The number of ether oxygens (including phenoxy) is 2. The Morgan fingerprint density at radius 3 is 2.64 bits per heavy atom. The molecule has 1 aromatic carbocycles. The number of aromatic nitrogens is 4. The van der Waals surface area contributed by atoms with Crippen molar-refractivity contribution in [3.63, 3.8) is 0 Å². The summed E-state index contributed by atoms with van der Waals surface area (Å²) in [5.74, 6) is 0.667. The second kappa shape index (κ2) is 12.2. The Bertz CT molecular complexity index is 1460. The maximum absolute atomic E-state index is 15.5. The molecule has 228 valence electrons. The second-order valence-corrected chi connectivity index (χ2v) is 12.5. The third-order valence-corrected chi connectivity index (χ3v) is 8.59. The summed E-state index contributed by atoms with van der Waals surface area (Å²) < 4.78 is 53.0. The Balaban J connectivity index is 1.34. The molecular weight excluding hydrogens is 570 g/mol. The van der Waals surface area contributed by atoms with Gasteiger partial charge < -0.3 is 24.0 Å². The third-order valence-electron chi connectivity index (χ3n) is 6.95. The highest BCUT2D eigenvalue weighted by atomic mass is 31.2. The van der Waals surface area contributed by atoms with E-state index < -0.39 is 57.1 Å². The number of aliphatic hydroxyl groups excluding tert-OH is 1. The smallest absolute Gasteiger partial charge is 0.459 e. The molecule has 15 heteroatoms. The van der Waals surface area contributed by atoms with Crippen LogP contribution in [0.15, 0.2) is 36.7 Å². The number of carbonyl (C=O) groups is 1. The lowest BCUT2D eigenvalue weighted by molar-refractivity contribution is -0.149. The van der Waals surface area contributed by atoms with Crippen LogP contribution in [-0.4, -0.2) is 80.8 Å². The van der Waals surface area contributed by atoms with Crippen LogP contribution in [0, 0.1) is 6.92 Å². The number of esters is 1. The van der Waals surface area contributed by atoms with Crippen LogP contribution in [0.3, 0.4) is 0 Å². The van der Waals surface area contributed by atoms with E-state index in [9.17, 15) is 14.5 Å². The molecule has 13 nitrogen and oxygen atoms in total. The van der Waals surface area contributed by atoms with Crippen LogP contribution in [0.2, 0.25) is 0 Å². The van der Waals surface area contributed by atoms with E-state index in [1.807, 2.05) is 11.9 Å². The lowest BCUT2D eigenvalue weighted by atomic mass is 10.1. The van der Waals surface area contributed by atoms with E-state index in [-0.39, 0.29) is 5.75 Å². The first kappa shape index (κ1) is 30.3. The van der Waals surface area contributed by atoms with E-state index in [0.717, 1.165) is 12.8 Å². The van der Waals surface area contributed by atoms with Crippen molar-refractivity contribution in [2.45, 2.75) is 83.3 Å². The van der Waals surface area contributed by atoms with Crippen molar-refractivity contribution < 1.29 is 37.4 Å².